The van der Waals surface area contributed by atoms with Crippen LogP contribution in [0.15, 0.2) is 83.0 Å². The van der Waals surface area contributed by atoms with Crippen molar-refractivity contribution in [3.8, 4) is 5.75 Å². The van der Waals surface area contributed by atoms with Crippen LogP contribution in [-0.2, 0) is 4.84 Å². The normalized spacial score (nSPS) is 10.6. The molecule has 1 amide bonds. The molecule has 1 N–H and O–H groups in total. The number of ether oxygens (including phenoxy) is 1. The first-order valence-electron chi connectivity index (χ1n) is 8.49. The van der Waals surface area contributed by atoms with Crippen LogP contribution in [0.25, 0.3) is 0 Å². The number of carbonyl (C=O) groups excluding carboxylic acids is 2. The first kappa shape index (κ1) is 20.0. The lowest BCUT2D eigenvalue weighted by Crippen LogP contribution is -2.10. The van der Waals surface area contributed by atoms with Crippen LogP contribution in [0.5, 0.6) is 5.75 Å². The van der Waals surface area contributed by atoms with E-state index >= 15 is 0 Å². The van der Waals surface area contributed by atoms with Crippen LogP contribution in [0, 0.1) is 0 Å². The fraction of sp³-hybridized carbons (Fsp3) is 0.0476. The number of amides is 1. The molecule has 0 aliphatic carbocycles. The second-order valence-electron chi connectivity index (χ2n) is 5.76. The minimum atomic E-state index is -0.557. The maximum Gasteiger partial charge on any atom is 0.362 e. The van der Waals surface area contributed by atoms with Crippen molar-refractivity contribution in [2.24, 2.45) is 10.2 Å². The van der Waals surface area contributed by atoms with Crippen LogP contribution in [0.3, 0.4) is 0 Å². The number of nitrogens with zero attached hydrogens (tertiary/aromatic N) is 2. The molecule has 0 aliphatic heterocycles. The van der Waals surface area contributed by atoms with Crippen LogP contribution in [0.4, 0.5) is 11.4 Å². The third kappa shape index (κ3) is 5.40. The van der Waals surface area contributed by atoms with Crippen LogP contribution >= 0.6 is 11.6 Å². The molecule has 0 aromatic heterocycles. The lowest BCUT2D eigenvalue weighted by molar-refractivity contribution is 0.0596. The largest absolute Gasteiger partial charge is 0.497 e. The molecule has 0 unspecified atom stereocenters. The average Bonchev–Trinajstić information content (AvgIpc) is 2.77. The lowest BCUT2D eigenvalue weighted by Gasteiger charge is -2.07. The Hall–Kier alpha value is -3.71. The van der Waals surface area contributed by atoms with Crippen LogP contribution in [0.1, 0.15) is 20.7 Å². The summed E-state index contributed by atoms with van der Waals surface area (Å²) < 4.78 is 5.08. The summed E-state index contributed by atoms with van der Waals surface area (Å²) in [7, 11) is 1.52. The highest BCUT2D eigenvalue weighted by Gasteiger charge is 2.09. The highest BCUT2D eigenvalue weighted by Crippen LogP contribution is 2.20. The molecule has 0 fully saturated rings. The summed E-state index contributed by atoms with van der Waals surface area (Å²) in [6.45, 7) is 0. The van der Waals surface area contributed by atoms with Gasteiger partial charge in [0, 0.05) is 0 Å². The number of hydrogen-bond acceptors (Lipinski definition) is 6. The number of halogens is 1. The third-order valence-electron chi connectivity index (χ3n) is 3.79. The number of methoxy groups -OCH3 is 1. The highest BCUT2D eigenvalue weighted by atomic mass is 35.5. The Labute approximate surface area is 171 Å². The predicted molar refractivity (Wildman–Crippen MR) is 109 cm³/mol. The first-order valence-corrected chi connectivity index (χ1v) is 8.86. The summed E-state index contributed by atoms with van der Waals surface area (Å²) in [6, 6.07) is 19.7. The number of hydrogen-bond donors (Lipinski definition) is 1. The topological polar surface area (TPSA) is 89.3 Å². The van der Waals surface area contributed by atoms with Gasteiger partial charge in [-0.15, -0.1) is 10.2 Å². The minimum absolute atomic E-state index is 0.278. The summed E-state index contributed by atoms with van der Waals surface area (Å²) >= 11 is 5.96. The number of azo groups is 1. The van der Waals surface area contributed by atoms with Gasteiger partial charge in [-0.05, 0) is 54.6 Å². The molecular formula is C21H16ClN3O4. The number of benzene rings is 3. The molecule has 0 saturated heterocycles. The van der Waals surface area contributed by atoms with Crippen molar-refractivity contribution in [1.82, 2.24) is 0 Å². The van der Waals surface area contributed by atoms with Gasteiger partial charge in [-0.3, -0.25) is 4.79 Å². The monoisotopic (exact) mass is 409 g/mol. The standard InChI is InChI=1S/C21H16ClN3O4/c1-28-17-6-4-5-14(13-17)21(27)29-25-16-11-9-15(10-12-16)23-24-20(26)18-7-2-3-8-19(18)22/h2-13,25H,1H3. The number of rotatable bonds is 6. The van der Waals surface area contributed by atoms with Gasteiger partial charge in [-0.25, -0.2) is 10.3 Å². The Morgan fingerprint density at radius 1 is 0.966 bits per heavy atom. The fourth-order valence-corrected chi connectivity index (χ4v) is 2.52. The molecule has 29 heavy (non-hydrogen) atoms. The summed E-state index contributed by atoms with van der Waals surface area (Å²) in [4.78, 5) is 29.2. The van der Waals surface area contributed by atoms with Crippen molar-refractivity contribution in [2.45, 2.75) is 0 Å². The quantitative estimate of drug-likeness (QED) is 0.431. The van der Waals surface area contributed by atoms with Crippen LogP contribution in [-0.4, -0.2) is 19.0 Å². The zero-order chi connectivity index (χ0) is 20.6. The SMILES string of the molecule is COc1cccc(C(=O)ONc2ccc(N=NC(=O)c3ccccc3Cl)cc2)c1. The van der Waals surface area contributed by atoms with E-state index in [9.17, 15) is 9.59 Å². The zero-order valence-electron chi connectivity index (χ0n) is 15.3. The molecule has 0 aliphatic rings. The Kier molecular flexibility index (Phi) is 6.55. The summed E-state index contributed by atoms with van der Waals surface area (Å²) in [5, 5.41) is 7.88. The van der Waals surface area contributed by atoms with Gasteiger partial charge in [0.15, 0.2) is 0 Å². The minimum Gasteiger partial charge on any atom is -0.497 e. The number of nitrogens with one attached hydrogen (secondary N) is 1. The molecule has 3 aromatic carbocycles. The van der Waals surface area contributed by atoms with Crippen molar-refractivity contribution in [3.05, 3.63) is 88.9 Å². The first-order chi connectivity index (χ1) is 14.1. The second-order valence-corrected chi connectivity index (χ2v) is 6.16. The molecule has 146 valence electrons. The number of anilines is 1. The summed E-state index contributed by atoms with van der Waals surface area (Å²) in [5.41, 5.74) is 4.16. The molecule has 3 aromatic rings. The van der Waals surface area contributed by atoms with E-state index in [2.05, 4.69) is 15.7 Å². The molecule has 0 bridgehead atoms. The molecule has 0 saturated carbocycles. The molecule has 0 heterocycles. The predicted octanol–water partition coefficient (Wildman–Crippen LogP) is 5.46. The van der Waals surface area contributed by atoms with E-state index < -0.39 is 11.9 Å². The Bertz CT molecular complexity index is 1050. The van der Waals surface area contributed by atoms with E-state index in [-0.39, 0.29) is 5.56 Å². The maximum atomic E-state index is 12.1. The van der Waals surface area contributed by atoms with Gasteiger partial charge in [-0.1, -0.05) is 29.8 Å². The van der Waals surface area contributed by atoms with Gasteiger partial charge >= 0.3 is 5.97 Å². The Morgan fingerprint density at radius 2 is 1.72 bits per heavy atom. The Morgan fingerprint density at radius 3 is 2.45 bits per heavy atom. The van der Waals surface area contributed by atoms with E-state index in [0.717, 1.165) is 0 Å². The molecule has 0 atom stereocenters. The van der Waals surface area contributed by atoms with Gasteiger partial charge in [0.05, 0.1) is 34.6 Å². The van der Waals surface area contributed by atoms with Gasteiger partial charge in [0.25, 0.3) is 5.91 Å². The van der Waals surface area contributed by atoms with Gasteiger partial charge in [0.1, 0.15) is 5.75 Å². The number of carbonyl (C=O) groups is 2. The zero-order valence-corrected chi connectivity index (χ0v) is 16.1. The van der Waals surface area contributed by atoms with Gasteiger partial charge in [-0.2, -0.15) is 0 Å². The van der Waals surface area contributed by atoms with E-state index in [1.54, 1.807) is 72.8 Å². The average molecular weight is 410 g/mol. The van der Waals surface area contributed by atoms with E-state index in [4.69, 9.17) is 21.2 Å². The molecule has 3 rings (SSSR count). The molecular weight excluding hydrogens is 394 g/mol. The van der Waals surface area contributed by atoms with Crippen molar-refractivity contribution in [2.75, 3.05) is 12.6 Å². The molecule has 0 radical (unpaired) electrons. The Balaban J connectivity index is 1.58. The second kappa shape index (κ2) is 9.48. The molecule has 0 spiro atoms. The van der Waals surface area contributed by atoms with Crippen molar-refractivity contribution in [3.63, 3.8) is 0 Å². The van der Waals surface area contributed by atoms with Crippen molar-refractivity contribution in [1.29, 1.82) is 0 Å². The molecule has 8 heteroatoms. The van der Waals surface area contributed by atoms with E-state index in [0.29, 0.717) is 27.7 Å². The van der Waals surface area contributed by atoms with Gasteiger partial charge in [0.2, 0.25) is 0 Å². The lowest BCUT2D eigenvalue weighted by atomic mass is 10.2. The maximum absolute atomic E-state index is 12.1. The third-order valence-corrected chi connectivity index (χ3v) is 4.12. The van der Waals surface area contributed by atoms with Crippen LogP contribution < -0.4 is 10.2 Å². The van der Waals surface area contributed by atoms with Crippen molar-refractivity contribution < 1.29 is 19.2 Å². The summed E-state index contributed by atoms with van der Waals surface area (Å²) in [6.07, 6.45) is 0. The van der Waals surface area contributed by atoms with E-state index in [1.165, 1.54) is 7.11 Å². The smallest absolute Gasteiger partial charge is 0.362 e. The molecule has 7 nitrogen and oxygen atoms in total. The fourth-order valence-electron chi connectivity index (χ4n) is 2.30. The van der Waals surface area contributed by atoms with Gasteiger partial charge < -0.3 is 9.57 Å². The van der Waals surface area contributed by atoms with Crippen molar-refractivity contribution >= 4 is 34.9 Å². The highest BCUT2D eigenvalue weighted by molar-refractivity contribution is 6.33. The van der Waals surface area contributed by atoms with Crippen LogP contribution in [0.2, 0.25) is 5.02 Å². The van der Waals surface area contributed by atoms with E-state index in [1.807, 2.05) is 0 Å². The summed E-state index contributed by atoms with van der Waals surface area (Å²) in [5.74, 6) is -0.538.